The fourth-order valence-corrected chi connectivity index (χ4v) is 1.02. The topological polar surface area (TPSA) is 68.7 Å². The van der Waals surface area contributed by atoms with Gasteiger partial charge in [0.1, 0.15) is 5.56 Å². The van der Waals surface area contributed by atoms with E-state index in [4.69, 9.17) is 5.11 Å². The highest BCUT2D eigenvalue weighted by Crippen LogP contribution is 2.25. The molecule has 0 aromatic carbocycles. The van der Waals surface area contributed by atoms with Crippen LogP contribution in [0, 0.1) is 5.82 Å². The number of pyridine rings is 1. The third kappa shape index (κ3) is 3.47. The molecule has 1 heterocycles. The highest BCUT2D eigenvalue weighted by molar-refractivity contribution is 5.90. The Morgan fingerprint density at radius 3 is 2.50 bits per heavy atom. The van der Waals surface area contributed by atoms with E-state index in [2.05, 4.69) is 14.5 Å². The Morgan fingerprint density at radius 2 is 2.06 bits per heavy atom. The molecular weight excluding hydrogens is 262 g/mol. The third-order valence-electron chi connectivity index (χ3n) is 1.71. The maximum absolute atomic E-state index is 13.2. The maximum atomic E-state index is 13.2. The zero-order chi connectivity index (χ0) is 13.9. The number of hydrogen-bond acceptors (Lipinski definition) is 4. The summed E-state index contributed by atoms with van der Waals surface area (Å²) in [5, 5.41) is 8.66. The first-order valence-electron chi connectivity index (χ1n) is 4.42. The standard InChI is InChI=1S/C9H7F4NO4/c1-17-6-4(8(15)16)2-5(10)7(14-6)18-3-9(11,12)13/h2H,3H2,1H3,(H,15,16). The molecule has 0 aliphatic rings. The van der Waals surface area contributed by atoms with E-state index in [1.807, 2.05) is 0 Å². The predicted molar refractivity (Wildman–Crippen MR) is 49.3 cm³/mol. The van der Waals surface area contributed by atoms with Gasteiger partial charge < -0.3 is 14.6 Å². The molecule has 5 nitrogen and oxygen atoms in total. The van der Waals surface area contributed by atoms with Crippen molar-refractivity contribution in [2.75, 3.05) is 13.7 Å². The number of alkyl halides is 3. The second-order valence-electron chi connectivity index (χ2n) is 3.04. The van der Waals surface area contributed by atoms with Crippen molar-refractivity contribution < 1.29 is 36.9 Å². The minimum Gasteiger partial charge on any atom is -0.480 e. The number of aromatic nitrogens is 1. The molecule has 0 spiro atoms. The van der Waals surface area contributed by atoms with Crippen LogP contribution in [0.4, 0.5) is 17.6 Å². The highest BCUT2D eigenvalue weighted by Gasteiger charge is 2.30. The summed E-state index contributed by atoms with van der Waals surface area (Å²) in [5.41, 5.74) is -0.616. The van der Waals surface area contributed by atoms with Gasteiger partial charge in [0.15, 0.2) is 12.4 Å². The van der Waals surface area contributed by atoms with Crippen LogP contribution >= 0.6 is 0 Å². The molecule has 0 fully saturated rings. The summed E-state index contributed by atoms with van der Waals surface area (Å²) in [7, 11) is 1.04. The lowest BCUT2D eigenvalue weighted by Gasteiger charge is -2.11. The lowest BCUT2D eigenvalue weighted by molar-refractivity contribution is -0.154. The van der Waals surface area contributed by atoms with Gasteiger partial charge in [-0.3, -0.25) is 0 Å². The van der Waals surface area contributed by atoms with Gasteiger partial charge >= 0.3 is 12.1 Å². The van der Waals surface area contributed by atoms with Crippen molar-refractivity contribution in [1.82, 2.24) is 4.98 Å². The summed E-state index contributed by atoms with van der Waals surface area (Å²) < 4.78 is 57.4. The number of carboxylic acids is 1. The van der Waals surface area contributed by atoms with Gasteiger partial charge in [-0.25, -0.2) is 9.18 Å². The molecule has 18 heavy (non-hydrogen) atoms. The third-order valence-corrected chi connectivity index (χ3v) is 1.71. The summed E-state index contributed by atoms with van der Waals surface area (Å²) in [6.07, 6.45) is -4.66. The molecule has 0 aliphatic heterocycles. The quantitative estimate of drug-likeness (QED) is 0.845. The smallest absolute Gasteiger partial charge is 0.422 e. The summed E-state index contributed by atoms with van der Waals surface area (Å²) in [4.78, 5) is 13.9. The summed E-state index contributed by atoms with van der Waals surface area (Å²) in [5.74, 6) is -4.37. The Hall–Kier alpha value is -2.06. The zero-order valence-electron chi connectivity index (χ0n) is 8.92. The predicted octanol–water partition coefficient (Wildman–Crippen LogP) is 1.87. The first-order valence-corrected chi connectivity index (χ1v) is 4.42. The molecule has 0 bridgehead atoms. The molecule has 9 heteroatoms. The van der Waals surface area contributed by atoms with E-state index in [9.17, 15) is 22.4 Å². The molecular formula is C9H7F4NO4. The van der Waals surface area contributed by atoms with Crippen LogP contribution in [0.5, 0.6) is 11.8 Å². The number of carboxylic acid groups (broad SMARTS) is 1. The number of ether oxygens (including phenoxy) is 2. The normalized spacial score (nSPS) is 11.2. The summed E-state index contributed by atoms with van der Waals surface area (Å²) in [6, 6.07) is 0.472. The maximum Gasteiger partial charge on any atom is 0.422 e. The first kappa shape index (κ1) is 14.0. The Kier molecular flexibility index (Phi) is 3.94. The van der Waals surface area contributed by atoms with Crippen molar-refractivity contribution in [3.63, 3.8) is 0 Å². The number of rotatable bonds is 4. The Balaban J connectivity index is 3.04. The van der Waals surface area contributed by atoms with E-state index in [0.29, 0.717) is 6.07 Å². The Morgan fingerprint density at radius 1 is 1.44 bits per heavy atom. The minimum atomic E-state index is -4.66. The van der Waals surface area contributed by atoms with Crippen LogP contribution in [0.25, 0.3) is 0 Å². The number of halogens is 4. The van der Waals surface area contributed by atoms with Crippen molar-refractivity contribution in [3.8, 4) is 11.8 Å². The highest BCUT2D eigenvalue weighted by atomic mass is 19.4. The van der Waals surface area contributed by atoms with Crippen LogP contribution in [0.2, 0.25) is 0 Å². The molecule has 100 valence electrons. The molecule has 0 saturated heterocycles. The lowest BCUT2D eigenvalue weighted by Crippen LogP contribution is -2.20. The average Bonchev–Trinajstić information content (AvgIpc) is 2.25. The Bertz CT molecular complexity index is 461. The summed E-state index contributed by atoms with van der Waals surface area (Å²) in [6.45, 7) is -1.74. The van der Waals surface area contributed by atoms with Gasteiger partial charge in [0, 0.05) is 0 Å². The van der Waals surface area contributed by atoms with Crippen LogP contribution in [0.3, 0.4) is 0 Å². The largest absolute Gasteiger partial charge is 0.480 e. The van der Waals surface area contributed by atoms with E-state index in [0.717, 1.165) is 7.11 Å². The molecule has 1 rings (SSSR count). The number of methoxy groups -OCH3 is 1. The molecule has 1 aromatic heterocycles. The second-order valence-corrected chi connectivity index (χ2v) is 3.04. The van der Waals surface area contributed by atoms with Gasteiger partial charge in [-0.1, -0.05) is 0 Å². The van der Waals surface area contributed by atoms with Crippen LogP contribution in [-0.4, -0.2) is 36.0 Å². The zero-order valence-corrected chi connectivity index (χ0v) is 8.92. The van der Waals surface area contributed by atoms with Crippen LogP contribution in [0.1, 0.15) is 10.4 Å². The fourth-order valence-electron chi connectivity index (χ4n) is 1.02. The van der Waals surface area contributed by atoms with Crippen molar-refractivity contribution in [2.45, 2.75) is 6.18 Å². The van der Waals surface area contributed by atoms with E-state index >= 15 is 0 Å². The van der Waals surface area contributed by atoms with E-state index in [-0.39, 0.29) is 0 Å². The van der Waals surface area contributed by atoms with Crippen LogP contribution < -0.4 is 9.47 Å². The average molecular weight is 269 g/mol. The van der Waals surface area contributed by atoms with Gasteiger partial charge in [0.25, 0.3) is 5.88 Å². The number of aromatic carboxylic acids is 1. The van der Waals surface area contributed by atoms with Gasteiger partial charge in [-0.2, -0.15) is 18.2 Å². The van der Waals surface area contributed by atoms with E-state index in [1.54, 1.807) is 0 Å². The molecule has 0 aliphatic carbocycles. The van der Waals surface area contributed by atoms with Gasteiger partial charge in [0.2, 0.25) is 5.88 Å². The lowest BCUT2D eigenvalue weighted by atomic mass is 10.2. The molecule has 0 atom stereocenters. The monoisotopic (exact) mass is 269 g/mol. The van der Waals surface area contributed by atoms with E-state index < -0.39 is 41.9 Å². The van der Waals surface area contributed by atoms with Gasteiger partial charge in [-0.15, -0.1) is 0 Å². The molecule has 0 amide bonds. The molecule has 0 saturated carbocycles. The van der Waals surface area contributed by atoms with Crippen molar-refractivity contribution in [2.24, 2.45) is 0 Å². The second kappa shape index (κ2) is 5.07. The molecule has 1 aromatic rings. The fraction of sp³-hybridized carbons (Fsp3) is 0.333. The SMILES string of the molecule is COc1nc(OCC(F)(F)F)c(F)cc1C(=O)O. The van der Waals surface area contributed by atoms with E-state index in [1.165, 1.54) is 0 Å². The first-order chi connectivity index (χ1) is 8.24. The van der Waals surface area contributed by atoms with Crippen molar-refractivity contribution in [3.05, 3.63) is 17.4 Å². The number of carbonyl (C=O) groups is 1. The summed E-state index contributed by atoms with van der Waals surface area (Å²) >= 11 is 0. The molecule has 0 unspecified atom stereocenters. The minimum absolute atomic E-state index is 0.472. The Labute approximate surface area is 98.0 Å². The molecule has 0 radical (unpaired) electrons. The van der Waals surface area contributed by atoms with Crippen LogP contribution in [0.15, 0.2) is 6.07 Å². The van der Waals surface area contributed by atoms with Gasteiger partial charge in [0.05, 0.1) is 7.11 Å². The van der Waals surface area contributed by atoms with Crippen molar-refractivity contribution >= 4 is 5.97 Å². The number of nitrogens with zero attached hydrogens (tertiary/aromatic N) is 1. The van der Waals surface area contributed by atoms with Crippen molar-refractivity contribution in [1.29, 1.82) is 0 Å². The number of hydrogen-bond donors (Lipinski definition) is 1. The van der Waals surface area contributed by atoms with Crippen LogP contribution in [-0.2, 0) is 0 Å². The van der Waals surface area contributed by atoms with Gasteiger partial charge in [-0.05, 0) is 6.07 Å². The molecule has 1 N–H and O–H groups in total.